The van der Waals surface area contributed by atoms with Crippen molar-refractivity contribution < 1.29 is 18.8 Å². The zero-order valence-electron chi connectivity index (χ0n) is 19.0. The molecular weight excluding hydrogens is 404 g/mol. The molecular formula is C26H32N2O4. The number of carbonyl (C=O) groups is 1. The van der Waals surface area contributed by atoms with Crippen LogP contribution in [0.15, 0.2) is 53.1 Å². The van der Waals surface area contributed by atoms with Crippen molar-refractivity contribution in [1.29, 1.82) is 0 Å². The van der Waals surface area contributed by atoms with Gasteiger partial charge >= 0.3 is 5.97 Å². The Hall–Kier alpha value is -3.15. The smallest absolute Gasteiger partial charge is 0.338 e. The highest BCUT2D eigenvalue weighted by Crippen LogP contribution is 2.24. The second kappa shape index (κ2) is 12.6. The van der Waals surface area contributed by atoms with Gasteiger partial charge in [0.25, 0.3) is 5.89 Å². The SMILES string of the molecule is CCCCCCCOC(=O)c1ccc(-c2nc(-c3ccc(OCCCC)cc3)no2)cc1. The number of carbonyl (C=O) groups excluding carboxylic acids is 1. The highest BCUT2D eigenvalue weighted by molar-refractivity contribution is 5.89. The van der Waals surface area contributed by atoms with E-state index >= 15 is 0 Å². The van der Waals surface area contributed by atoms with Gasteiger partial charge in [-0.15, -0.1) is 0 Å². The monoisotopic (exact) mass is 436 g/mol. The van der Waals surface area contributed by atoms with Crippen molar-refractivity contribution in [3.8, 4) is 28.6 Å². The molecule has 1 aromatic heterocycles. The largest absolute Gasteiger partial charge is 0.494 e. The average Bonchev–Trinajstić information content (AvgIpc) is 3.32. The molecule has 0 bridgehead atoms. The maximum atomic E-state index is 12.2. The molecule has 0 spiro atoms. The van der Waals surface area contributed by atoms with Crippen LogP contribution in [0.2, 0.25) is 0 Å². The summed E-state index contributed by atoms with van der Waals surface area (Å²) in [7, 11) is 0. The van der Waals surface area contributed by atoms with Crippen LogP contribution < -0.4 is 4.74 Å². The van der Waals surface area contributed by atoms with Crippen molar-refractivity contribution in [2.24, 2.45) is 0 Å². The first kappa shape index (κ1) is 23.5. The van der Waals surface area contributed by atoms with Gasteiger partial charge in [0, 0.05) is 11.1 Å². The number of hydrogen-bond donors (Lipinski definition) is 0. The van der Waals surface area contributed by atoms with Crippen molar-refractivity contribution in [2.45, 2.75) is 58.8 Å². The zero-order valence-corrected chi connectivity index (χ0v) is 19.0. The first-order valence-corrected chi connectivity index (χ1v) is 11.6. The summed E-state index contributed by atoms with van der Waals surface area (Å²) in [6.45, 7) is 5.49. The third kappa shape index (κ3) is 6.94. The van der Waals surface area contributed by atoms with Crippen LogP contribution in [0.1, 0.15) is 69.2 Å². The summed E-state index contributed by atoms with van der Waals surface area (Å²) in [6.07, 6.45) is 7.75. The minimum atomic E-state index is -0.306. The lowest BCUT2D eigenvalue weighted by Crippen LogP contribution is -2.06. The van der Waals surface area contributed by atoms with Crippen molar-refractivity contribution in [3.05, 3.63) is 54.1 Å². The standard InChI is InChI=1S/C26H32N2O4/c1-3-5-7-8-9-19-31-26(29)22-12-10-21(11-13-22)25-27-24(28-32-25)20-14-16-23(17-15-20)30-18-6-4-2/h10-17H,3-9,18-19H2,1-2H3. The highest BCUT2D eigenvalue weighted by Gasteiger charge is 2.13. The molecule has 0 aliphatic heterocycles. The van der Waals surface area contributed by atoms with Gasteiger partial charge < -0.3 is 14.0 Å². The van der Waals surface area contributed by atoms with Gasteiger partial charge in [0.1, 0.15) is 5.75 Å². The van der Waals surface area contributed by atoms with Gasteiger partial charge in [-0.05, 0) is 61.4 Å². The van der Waals surface area contributed by atoms with Gasteiger partial charge in [-0.1, -0.05) is 51.1 Å². The molecule has 0 saturated carbocycles. The third-order valence-electron chi connectivity index (χ3n) is 5.15. The molecule has 0 saturated heterocycles. The Bertz CT molecular complexity index is 949. The number of aromatic nitrogens is 2. The topological polar surface area (TPSA) is 74.5 Å². The van der Waals surface area contributed by atoms with E-state index in [0.29, 0.717) is 30.5 Å². The summed E-state index contributed by atoms with van der Waals surface area (Å²) in [5.74, 6) is 1.43. The predicted molar refractivity (Wildman–Crippen MR) is 125 cm³/mol. The molecule has 2 aromatic carbocycles. The molecule has 0 aliphatic carbocycles. The molecule has 1 heterocycles. The first-order chi connectivity index (χ1) is 15.7. The van der Waals surface area contributed by atoms with Gasteiger partial charge in [0.05, 0.1) is 18.8 Å². The molecule has 0 fully saturated rings. The Morgan fingerprint density at radius 3 is 2.22 bits per heavy atom. The van der Waals surface area contributed by atoms with Crippen LogP contribution in [-0.4, -0.2) is 29.3 Å². The van der Waals surface area contributed by atoms with Gasteiger partial charge in [-0.3, -0.25) is 0 Å². The lowest BCUT2D eigenvalue weighted by Gasteiger charge is -2.05. The zero-order chi connectivity index (χ0) is 22.6. The fourth-order valence-corrected chi connectivity index (χ4v) is 3.20. The second-order valence-electron chi connectivity index (χ2n) is 7.78. The summed E-state index contributed by atoms with van der Waals surface area (Å²) in [5, 5.41) is 4.08. The van der Waals surface area contributed by atoms with E-state index in [2.05, 4.69) is 24.0 Å². The summed E-state index contributed by atoms with van der Waals surface area (Å²) in [6, 6.07) is 14.7. The number of rotatable bonds is 13. The van der Waals surface area contributed by atoms with E-state index in [0.717, 1.165) is 42.6 Å². The van der Waals surface area contributed by atoms with Gasteiger partial charge in [-0.25, -0.2) is 4.79 Å². The second-order valence-corrected chi connectivity index (χ2v) is 7.78. The average molecular weight is 437 g/mol. The van der Waals surface area contributed by atoms with Crippen LogP contribution in [0.4, 0.5) is 0 Å². The lowest BCUT2D eigenvalue weighted by atomic mass is 10.1. The number of esters is 1. The predicted octanol–water partition coefficient (Wildman–Crippen LogP) is 6.71. The van der Waals surface area contributed by atoms with E-state index in [-0.39, 0.29) is 5.97 Å². The molecule has 0 aliphatic rings. The number of unbranched alkanes of at least 4 members (excludes halogenated alkanes) is 5. The quantitative estimate of drug-likeness (QED) is 0.219. The molecule has 6 heteroatoms. The maximum Gasteiger partial charge on any atom is 0.338 e. The van der Waals surface area contributed by atoms with Gasteiger partial charge in [0.15, 0.2) is 0 Å². The summed E-state index contributed by atoms with van der Waals surface area (Å²) < 4.78 is 16.5. The van der Waals surface area contributed by atoms with Crippen molar-refractivity contribution >= 4 is 5.97 Å². The summed E-state index contributed by atoms with van der Waals surface area (Å²) in [4.78, 5) is 16.7. The molecule has 0 N–H and O–H groups in total. The Morgan fingerprint density at radius 1 is 0.812 bits per heavy atom. The van der Waals surface area contributed by atoms with Crippen molar-refractivity contribution in [1.82, 2.24) is 10.1 Å². The normalized spacial score (nSPS) is 10.8. The lowest BCUT2D eigenvalue weighted by molar-refractivity contribution is 0.0497. The number of benzene rings is 2. The Morgan fingerprint density at radius 2 is 1.50 bits per heavy atom. The van der Waals surface area contributed by atoms with E-state index in [1.54, 1.807) is 24.3 Å². The molecule has 3 aromatic rings. The number of ether oxygens (including phenoxy) is 2. The molecule has 0 unspecified atom stereocenters. The Balaban J connectivity index is 1.54. The first-order valence-electron chi connectivity index (χ1n) is 11.6. The van der Waals surface area contributed by atoms with E-state index in [9.17, 15) is 4.79 Å². The Labute approximate surface area is 189 Å². The molecule has 6 nitrogen and oxygen atoms in total. The molecule has 0 atom stereocenters. The van der Waals surface area contributed by atoms with Crippen LogP contribution in [0.3, 0.4) is 0 Å². The minimum Gasteiger partial charge on any atom is -0.494 e. The summed E-state index contributed by atoms with van der Waals surface area (Å²) >= 11 is 0. The van der Waals surface area contributed by atoms with Crippen LogP contribution in [-0.2, 0) is 4.74 Å². The molecule has 3 rings (SSSR count). The van der Waals surface area contributed by atoms with Crippen LogP contribution >= 0.6 is 0 Å². The van der Waals surface area contributed by atoms with E-state index in [1.165, 1.54) is 19.3 Å². The molecule has 0 amide bonds. The van der Waals surface area contributed by atoms with Crippen LogP contribution in [0.25, 0.3) is 22.8 Å². The third-order valence-corrected chi connectivity index (χ3v) is 5.15. The van der Waals surface area contributed by atoms with Gasteiger partial charge in [0.2, 0.25) is 5.82 Å². The maximum absolute atomic E-state index is 12.2. The van der Waals surface area contributed by atoms with Crippen molar-refractivity contribution in [3.63, 3.8) is 0 Å². The molecule has 32 heavy (non-hydrogen) atoms. The number of nitrogens with zero attached hydrogens (tertiary/aromatic N) is 2. The van der Waals surface area contributed by atoms with E-state index < -0.39 is 0 Å². The summed E-state index contributed by atoms with van der Waals surface area (Å²) in [5.41, 5.74) is 2.11. The molecule has 0 radical (unpaired) electrons. The Kier molecular flexibility index (Phi) is 9.29. The van der Waals surface area contributed by atoms with Crippen molar-refractivity contribution in [2.75, 3.05) is 13.2 Å². The highest BCUT2D eigenvalue weighted by atomic mass is 16.5. The van der Waals surface area contributed by atoms with E-state index in [1.807, 2.05) is 24.3 Å². The fourth-order valence-electron chi connectivity index (χ4n) is 3.20. The fraction of sp³-hybridized carbons (Fsp3) is 0.423. The number of hydrogen-bond acceptors (Lipinski definition) is 6. The van der Waals surface area contributed by atoms with Gasteiger partial charge in [-0.2, -0.15) is 4.98 Å². The minimum absolute atomic E-state index is 0.306. The molecule has 170 valence electrons. The van der Waals surface area contributed by atoms with Crippen LogP contribution in [0, 0.1) is 0 Å². The van der Waals surface area contributed by atoms with E-state index in [4.69, 9.17) is 14.0 Å². The van der Waals surface area contributed by atoms with Crippen LogP contribution in [0.5, 0.6) is 5.75 Å².